The number of morpholine rings is 1. The minimum Gasteiger partial charge on any atom is -0.379 e. The van der Waals surface area contributed by atoms with E-state index in [0.29, 0.717) is 37.6 Å². The Morgan fingerprint density at radius 1 is 1.14 bits per heavy atom. The van der Waals surface area contributed by atoms with E-state index in [9.17, 15) is 12.8 Å². The lowest BCUT2D eigenvalue weighted by atomic mass is 10.2. The molecule has 154 valence electrons. The molecule has 0 bridgehead atoms. The predicted octanol–water partition coefficient (Wildman–Crippen LogP) is 3.51. The molecular formula is C20H22FN3O3S2. The predicted molar refractivity (Wildman–Crippen MR) is 111 cm³/mol. The van der Waals surface area contributed by atoms with Crippen LogP contribution < -0.4 is 0 Å². The van der Waals surface area contributed by atoms with Gasteiger partial charge in [0.05, 0.1) is 29.1 Å². The second-order valence-corrected chi connectivity index (χ2v) is 9.60. The molecule has 2 aromatic carbocycles. The van der Waals surface area contributed by atoms with Gasteiger partial charge >= 0.3 is 0 Å². The monoisotopic (exact) mass is 435 g/mol. The van der Waals surface area contributed by atoms with Gasteiger partial charge in [-0.25, -0.2) is 17.8 Å². The van der Waals surface area contributed by atoms with Crippen molar-refractivity contribution in [2.75, 3.05) is 26.3 Å². The number of hydrogen-bond acceptors (Lipinski definition) is 5. The van der Waals surface area contributed by atoms with E-state index >= 15 is 0 Å². The van der Waals surface area contributed by atoms with E-state index in [1.807, 2.05) is 13.0 Å². The van der Waals surface area contributed by atoms with Crippen molar-refractivity contribution in [3.63, 3.8) is 0 Å². The summed E-state index contributed by atoms with van der Waals surface area (Å²) in [7, 11) is -3.56. The van der Waals surface area contributed by atoms with Gasteiger partial charge in [-0.3, -0.25) is 0 Å². The van der Waals surface area contributed by atoms with Crippen LogP contribution in [0.4, 0.5) is 4.39 Å². The van der Waals surface area contributed by atoms with Gasteiger partial charge in [-0.2, -0.15) is 4.31 Å². The second-order valence-electron chi connectivity index (χ2n) is 6.72. The second kappa shape index (κ2) is 8.43. The lowest BCUT2D eigenvalue weighted by molar-refractivity contribution is 0.0730. The third-order valence-corrected chi connectivity index (χ3v) is 7.83. The van der Waals surface area contributed by atoms with E-state index in [-0.39, 0.29) is 10.7 Å². The Balaban J connectivity index is 1.62. The third kappa shape index (κ3) is 4.18. The van der Waals surface area contributed by atoms with Gasteiger partial charge in [0.2, 0.25) is 10.0 Å². The topological polar surface area (TPSA) is 64.4 Å². The third-order valence-electron chi connectivity index (χ3n) is 4.89. The first-order chi connectivity index (χ1) is 14.0. The number of fused-ring (bicyclic) bond motifs is 1. The molecule has 0 N–H and O–H groups in total. The van der Waals surface area contributed by atoms with Crippen LogP contribution in [-0.4, -0.2) is 48.6 Å². The first kappa shape index (κ1) is 20.3. The number of hydrogen-bond donors (Lipinski definition) is 0. The summed E-state index contributed by atoms with van der Waals surface area (Å²) in [4.78, 5) is 4.93. The molecule has 1 fully saturated rings. The number of rotatable bonds is 6. The van der Waals surface area contributed by atoms with Crippen LogP contribution in [0.25, 0.3) is 11.0 Å². The molecule has 0 spiro atoms. The number of aromatic nitrogens is 2. The van der Waals surface area contributed by atoms with Crippen molar-refractivity contribution in [2.24, 2.45) is 0 Å². The maximum absolute atomic E-state index is 13.1. The SMILES string of the molecule is CCn1c(SCc2ccc(F)cc2)nc2cc(S(=O)(=O)N3CCOCC3)ccc21. The minimum atomic E-state index is -3.56. The molecule has 0 atom stereocenters. The Bertz CT molecular complexity index is 1110. The van der Waals surface area contributed by atoms with Crippen molar-refractivity contribution in [2.45, 2.75) is 29.3 Å². The molecule has 0 unspecified atom stereocenters. The highest BCUT2D eigenvalue weighted by molar-refractivity contribution is 7.98. The van der Waals surface area contributed by atoms with Gasteiger partial charge in [-0.05, 0) is 42.8 Å². The van der Waals surface area contributed by atoms with Crippen LogP contribution in [0.2, 0.25) is 0 Å². The number of benzene rings is 2. The fraction of sp³-hybridized carbons (Fsp3) is 0.350. The Hall–Kier alpha value is -1.94. The Morgan fingerprint density at radius 2 is 1.86 bits per heavy atom. The van der Waals surface area contributed by atoms with E-state index in [2.05, 4.69) is 9.55 Å². The molecule has 0 saturated carbocycles. The van der Waals surface area contributed by atoms with Crippen LogP contribution in [0, 0.1) is 5.82 Å². The van der Waals surface area contributed by atoms with Crippen LogP contribution in [0.1, 0.15) is 12.5 Å². The van der Waals surface area contributed by atoms with Crippen molar-refractivity contribution < 1.29 is 17.5 Å². The average Bonchev–Trinajstić information content (AvgIpc) is 3.10. The maximum atomic E-state index is 13.1. The van der Waals surface area contributed by atoms with Gasteiger partial charge in [0, 0.05) is 25.4 Å². The van der Waals surface area contributed by atoms with Crippen LogP contribution in [0.3, 0.4) is 0 Å². The quantitative estimate of drug-likeness (QED) is 0.555. The lowest BCUT2D eigenvalue weighted by Crippen LogP contribution is -2.40. The van der Waals surface area contributed by atoms with Crippen molar-refractivity contribution in [1.29, 1.82) is 0 Å². The number of imidazole rings is 1. The Morgan fingerprint density at radius 3 is 2.55 bits per heavy atom. The summed E-state index contributed by atoms with van der Waals surface area (Å²) < 4.78 is 47.7. The van der Waals surface area contributed by atoms with E-state index < -0.39 is 10.0 Å². The van der Waals surface area contributed by atoms with E-state index in [4.69, 9.17) is 4.74 Å². The molecule has 1 aliphatic rings. The van der Waals surface area contributed by atoms with E-state index in [1.54, 1.807) is 36.0 Å². The summed E-state index contributed by atoms with van der Waals surface area (Å²) in [6.07, 6.45) is 0. The van der Waals surface area contributed by atoms with Gasteiger partial charge in [0.1, 0.15) is 5.82 Å². The molecule has 9 heteroatoms. The lowest BCUT2D eigenvalue weighted by Gasteiger charge is -2.26. The van der Waals surface area contributed by atoms with Gasteiger partial charge in [-0.1, -0.05) is 23.9 Å². The molecule has 1 saturated heterocycles. The highest BCUT2D eigenvalue weighted by Gasteiger charge is 2.27. The molecule has 1 aliphatic heterocycles. The van der Waals surface area contributed by atoms with Crippen LogP contribution in [-0.2, 0) is 27.1 Å². The van der Waals surface area contributed by atoms with Crippen molar-refractivity contribution >= 4 is 32.8 Å². The van der Waals surface area contributed by atoms with Crippen LogP contribution in [0.5, 0.6) is 0 Å². The molecule has 0 radical (unpaired) electrons. The molecule has 0 aliphatic carbocycles. The number of sulfonamides is 1. The summed E-state index contributed by atoms with van der Waals surface area (Å²) >= 11 is 1.55. The Labute approximate surface area is 173 Å². The normalized spacial score (nSPS) is 15.8. The zero-order chi connectivity index (χ0) is 20.4. The molecule has 2 heterocycles. The van der Waals surface area contributed by atoms with Gasteiger partial charge in [0.25, 0.3) is 0 Å². The average molecular weight is 436 g/mol. The zero-order valence-corrected chi connectivity index (χ0v) is 17.7. The van der Waals surface area contributed by atoms with Crippen molar-refractivity contribution in [1.82, 2.24) is 13.9 Å². The van der Waals surface area contributed by atoms with Gasteiger partial charge < -0.3 is 9.30 Å². The number of halogens is 1. The van der Waals surface area contributed by atoms with Crippen LogP contribution in [0.15, 0.2) is 52.5 Å². The van der Waals surface area contributed by atoms with Crippen molar-refractivity contribution in [3.05, 3.63) is 53.8 Å². The number of thioether (sulfide) groups is 1. The number of ether oxygens (including phenoxy) is 1. The fourth-order valence-electron chi connectivity index (χ4n) is 3.33. The summed E-state index contributed by atoms with van der Waals surface area (Å²) in [5.74, 6) is 0.399. The highest BCUT2D eigenvalue weighted by Crippen LogP contribution is 2.29. The summed E-state index contributed by atoms with van der Waals surface area (Å²) in [5, 5.41) is 0.813. The first-order valence-corrected chi connectivity index (χ1v) is 11.9. The van der Waals surface area contributed by atoms with Crippen molar-refractivity contribution in [3.8, 4) is 0 Å². The zero-order valence-electron chi connectivity index (χ0n) is 16.0. The summed E-state index contributed by atoms with van der Waals surface area (Å²) in [6, 6.07) is 11.5. The standard InChI is InChI=1S/C20H22FN3O3S2/c1-2-24-19-8-7-17(29(25,26)23-9-11-27-12-10-23)13-18(19)22-20(24)28-14-15-3-5-16(21)6-4-15/h3-8,13H,2,9-12,14H2,1H3. The fourth-order valence-corrected chi connectivity index (χ4v) is 5.79. The largest absolute Gasteiger partial charge is 0.379 e. The summed E-state index contributed by atoms with van der Waals surface area (Å²) in [5.41, 5.74) is 2.56. The molecule has 0 amide bonds. The maximum Gasteiger partial charge on any atom is 0.243 e. The van der Waals surface area contributed by atoms with Gasteiger partial charge in [-0.15, -0.1) is 0 Å². The smallest absolute Gasteiger partial charge is 0.243 e. The first-order valence-electron chi connectivity index (χ1n) is 9.44. The molecule has 29 heavy (non-hydrogen) atoms. The Kier molecular flexibility index (Phi) is 5.91. The molecular weight excluding hydrogens is 413 g/mol. The molecule has 1 aromatic heterocycles. The number of nitrogens with zero attached hydrogens (tertiary/aromatic N) is 3. The minimum absolute atomic E-state index is 0.253. The van der Waals surface area contributed by atoms with E-state index in [1.165, 1.54) is 16.4 Å². The van der Waals surface area contributed by atoms with E-state index in [0.717, 1.165) is 22.8 Å². The highest BCUT2D eigenvalue weighted by atomic mass is 32.2. The van der Waals surface area contributed by atoms with Crippen LogP contribution >= 0.6 is 11.8 Å². The number of aryl methyl sites for hydroxylation is 1. The molecule has 6 nitrogen and oxygen atoms in total. The van der Waals surface area contributed by atoms with Gasteiger partial charge in [0.15, 0.2) is 5.16 Å². The molecule has 4 rings (SSSR count). The molecule has 3 aromatic rings. The summed E-state index contributed by atoms with van der Waals surface area (Å²) in [6.45, 7) is 4.30.